The minimum Gasteiger partial charge on any atom is -0.481 e. The predicted octanol–water partition coefficient (Wildman–Crippen LogP) is -0.223. The van der Waals surface area contributed by atoms with Gasteiger partial charge in [-0.1, -0.05) is 0 Å². The van der Waals surface area contributed by atoms with E-state index in [-0.39, 0.29) is 0 Å². The Hall–Kier alpha value is -1.57. The summed E-state index contributed by atoms with van der Waals surface area (Å²) >= 11 is 0. The predicted molar refractivity (Wildman–Crippen MR) is 46.7 cm³/mol. The molecule has 0 saturated heterocycles. The number of hydrogen-bond donors (Lipinski definition) is 2. The Balaban J connectivity index is 2.65. The van der Waals surface area contributed by atoms with Gasteiger partial charge in [0.05, 0.1) is 7.05 Å². The minimum absolute atomic E-state index is 0.401. The molecule has 94 valence electrons. The van der Waals surface area contributed by atoms with E-state index in [9.17, 15) is 23.1 Å². The fraction of sp³-hybridized carbons (Fsp3) is 0.556. The molecule has 0 saturated carbocycles. The molecule has 0 aromatic carbocycles. The Bertz CT molecular complexity index is 482. The summed E-state index contributed by atoms with van der Waals surface area (Å²) in [6.45, 7) is -0.401. The van der Waals surface area contributed by atoms with Crippen LogP contribution in [-0.4, -0.2) is 26.9 Å². The molecule has 2 N–H and O–H groups in total. The Morgan fingerprint density at radius 3 is 2.71 bits per heavy atom. The lowest BCUT2D eigenvalue weighted by Gasteiger charge is -2.26. The molecule has 5 nitrogen and oxygen atoms in total. The first kappa shape index (κ1) is 11.9. The van der Waals surface area contributed by atoms with E-state index < -0.39 is 36.0 Å². The molecule has 2 atom stereocenters. The van der Waals surface area contributed by atoms with Crippen molar-refractivity contribution in [2.45, 2.75) is 18.3 Å². The standard InChI is InChI=1S/C9H9F3N2O3/c1-13-2-3-14-4-5(6(15)16)8(17,7(13)14)9(10,11)12/h2-3,5,17H,4H2,1H3/p+1/t5-,8+/m1/s1. The fourth-order valence-electron chi connectivity index (χ4n) is 2.23. The zero-order valence-electron chi connectivity index (χ0n) is 8.77. The highest BCUT2D eigenvalue weighted by atomic mass is 19.4. The van der Waals surface area contributed by atoms with Crippen LogP contribution in [0.15, 0.2) is 12.4 Å². The average molecular weight is 251 g/mol. The van der Waals surface area contributed by atoms with Gasteiger partial charge in [0.25, 0.3) is 11.4 Å². The van der Waals surface area contributed by atoms with Crippen molar-refractivity contribution in [1.29, 1.82) is 0 Å². The molecular formula is C9H10F3N2O3+. The van der Waals surface area contributed by atoms with Crippen LogP contribution in [0.25, 0.3) is 0 Å². The molecule has 2 rings (SSSR count). The first-order chi connectivity index (χ1) is 7.69. The maximum absolute atomic E-state index is 13.0. The number of rotatable bonds is 1. The molecule has 0 unspecified atom stereocenters. The zero-order valence-corrected chi connectivity index (χ0v) is 8.77. The number of carboxylic acids is 1. The van der Waals surface area contributed by atoms with Gasteiger partial charge in [0.1, 0.15) is 24.9 Å². The van der Waals surface area contributed by atoms with Crippen molar-refractivity contribution in [2.75, 3.05) is 0 Å². The molecule has 17 heavy (non-hydrogen) atoms. The molecule has 0 aliphatic carbocycles. The minimum atomic E-state index is -5.04. The van der Waals surface area contributed by atoms with Crippen LogP contribution < -0.4 is 4.57 Å². The first-order valence-electron chi connectivity index (χ1n) is 4.76. The van der Waals surface area contributed by atoms with Crippen molar-refractivity contribution in [2.24, 2.45) is 13.0 Å². The van der Waals surface area contributed by atoms with Gasteiger partial charge < -0.3 is 10.2 Å². The maximum atomic E-state index is 13.0. The largest absolute Gasteiger partial charge is 0.481 e. The van der Waals surface area contributed by atoms with Gasteiger partial charge in [0, 0.05) is 0 Å². The monoisotopic (exact) mass is 251 g/mol. The van der Waals surface area contributed by atoms with Crippen molar-refractivity contribution >= 4 is 5.97 Å². The van der Waals surface area contributed by atoms with Crippen molar-refractivity contribution in [3.8, 4) is 0 Å². The molecule has 0 fully saturated rings. The molecule has 0 amide bonds. The second-order valence-corrected chi connectivity index (χ2v) is 4.04. The highest BCUT2D eigenvalue weighted by Crippen LogP contribution is 2.47. The summed E-state index contributed by atoms with van der Waals surface area (Å²) in [4.78, 5) is 10.9. The average Bonchev–Trinajstić information content (AvgIpc) is 2.66. The van der Waals surface area contributed by atoms with Crippen LogP contribution in [0.5, 0.6) is 0 Å². The van der Waals surface area contributed by atoms with E-state index >= 15 is 0 Å². The van der Waals surface area contributed by atoms with Gasteiger partial charge in [-0.05, 0) is 0 Å². The molecule has 1 aliphatic rings. The summed E-state index contributed by atoms with van der Waals surface area (Å²) in [5, 5.41) is 18.6. The number of aliphatic hydroxyl groups is 1. The Morgan fingerprint density at radius 2 is 2.24 bits per heavy atom. The third-order valence-corrected chi connectivity index (χ3v) is 3.03. The summed E-state index contributed by atoms with van der Waals surface area (Å²) in [7, 11) is 1.33. The number of aliphatic carboxylic acids is 1. The van der Waals surface area contributed by atoms with Crippen LogP contribution in [0.2, 0.25) is 0 Å². The van der Waals surface area contributed by atoms with Crippen LogP contribution in [0.1, 0.15) is 5.82 Å². The molecule has 2 heterocycles. The maximum Gasteiger partial charge on any atom is 0.430 e. The van der Waals surface area contributed by atoms with Crippen molar-refractivity contribution < 1.29 is 32.7 Å². The number of carbonyl (C=O) groups is 1. The van der Waals surface area contributed by atoms with E-state index in [0.717, 1.165) is 9.13 Å². The molecule has 0 spiro atoms. The van der Waals surface area contributed by atoms with Gasteiger partial charge in [-0.25, -0.2) is 9.13 Å². The van der Waals surface area contributed by atoms with Gasteiger partial charge in [0.15, 0.2) is 0 Å². The highest BCUT2D eigenvalue weighted by molar-refractivity contribution is 5.72. The lowest BCUT2D eigenvalue weighted by atomic mass is 9.88. The fourth-order valence-corrected chi connectivity index (χ4v) is 2.23. The zero-order chi connectivity index (χ0) is 13.0. The van der Waals surface area contributed by atoms with E-state index in [1.165, 1.54) is 19.4 Å². The van der Waals surface area contributed by atoms with Gasteiger partial charge in [-0.3, -0.25) is 4.79 Å². The highest BCUT2D eigenvalue weighted by Gasteiger charge is 2.72. The summed E-state index contributed by atoms with van der Waals surface area (Å²) in [5.41, 5.74) is -3.35. The number of nitrogens with zero attached hydrogens (tertiary/aromatic N) is 2. The van der Waals surface area contributed by atoms with Gasteiger partial charge in [-0.15, -0.1) is 0 Å². The van der Waals surface area contributed by atoms with E-state index in [0.29, 0.717) is 0 Å². The summed E-state index contributed by atoms with van der Waals surface area (Å²) in [6.07, 6.45) is -2.39. The van der Waals surface area contributed by atoms with Crippen LogP contribution in [0.3, 0.4) is 0 Å². The Morgan fingerprint density at radius 1 is 1.65 bits per heavy atom. The second-order valence-electron chi connectivity index (χ2n) is 4.04. The third-order valence-electron chi connectivity index (χ3n) is 3.03. The summed E-state index contributed by atoms with van der Waals surface area (Å²) < 4.78 is 41.0. The molecular weight excluding hydrogens is 241 g/mol. The van der Waals surface area contributed by atoms with E-state index in [1.54, 1.807) is 0 Å². The summed E-state index contributed by atoms with van der Waals surface area (Å²) in [6, 6.07) is 0. The van der Waals surface area contributed by atoms with Crippen molar-refractivity contribution in [3.63, 3.8) is 0 Å². The van der Waals surface area contributed by atoms with Crippen LogP contribution in [-0.2, 0) is 24.0 Å². The third kappa shape index (κ3) is 1.36. The first-order valence-corrected chi connectivity index (χ1v) is 4.76. The molecule has 1 aromatic rings. The van der Waals surface area contributed by atoms with Crippen molar-refractivity contribution in [3.05, 3.63) is 18.2 Å². The Labute approximate surface area is 93.7 Å². The van der Waals surface area contributed by atoms with Crippen LogP contribution in [0, 0.1) is 5.92 Å². The molecule has 1 aromatic heterocycles. The number of carboxylic acid groups (broad SMARTS) is 1. The molecule has 1 aliphatic heterocycles. The van der Waals surface area contributed by atoms with Crippen LogP contribution >= 0.6 is 0 Å². The van der Waals surface area contributed by atoms with E-state index in [2.05, 4.69) is 0 Å². The lowest BCUT2D eigenvalue weighted by molar-refractivity contribution is -0.688. The number of fused-ring (bicyclic) bond motifs is 1. The molecule has 0 radical (unpaired) electrons. The van der Waals surface area contributed by atoms with Gasteiger partial charge in [0.2, 0.25) is 0 Å². The SMILES string of the molecule is C[n+]1ccn2c1[C@](O)(C(F)(F)F)[C@@H](C(=O)O)C2. The number of aromatic nitrogens is 2. The van der Waals surface area contributed by atoms with Gasteiger partial charge >= 0.3 is 12.1 Å². The quantitative estimate of drug-likeness (QED) is 0.678. The second kappa shape index (κ2) is 3.22. The number of alkyl halides is 3. The topological polar surface area (TPSA) is 66.3 Å². The van der Waals surface area contributed by atoms with Crippen molar-refractivity contribution in [1.82, 2.24) is 4.57 Å². The Kier molecular flexibility index (Phi) is 2.25. The van der Waals surface area contributed by atoms with Gasteiger partial charge in [-0.2, -0.15) is 13.2 Å². The molecule has 8 heteroatoms. The smallest absolute Gasteiger partial charge is 0.430 e. The lowest BCUT2D eigenvalue weighted by Crippen LogP contribution is -2.54. The van der Waals surface area contributed by atoms with Crippen LogP contribution in [0.4, 0.5) is 13.2 Å². The number of hydrogen-bond acceptors (Lipinski definition) is 2. The molecule has 0 bridgehead atoms. The number of aryl methyl sites for hydroxylation is 1. The van der Waals surface area contributed by atoms with E-state index in [1.807, 2.05) is 0 Å². The number of halogens is 3. The summed E-state index contributed by atoms with van der Waals surface area (Å²) in [5.74, 6) is -4.06. The normalized spacial score (nSPS) is 28.2. The van der Waals surface area contributed by atoms with E-state index in [4.69, 9.17) is 5.11 Å². The number of imidazole rings is 1.